The first-order valence-corrected chi connectivity index (χ1v) is 9.44. The third-order valence-corrected chi connectivity index (χ3v) is 4.33. The maximum Gasteiger partial charge on any atom is 0.251 e. The van der Waals surface area contributed by atoms with Crippen LogP contribution in [0.4, 0.5) is 0 Å². The first-order valence-electron chi connectivity index (χ1n) is 9.44. The Morgan fingerprint density at radius 2 is 1.59 bits per heavy atom. The van der Waals surface area contributed by atoms with Gasteiger partial charge in [0.05, 0.1) is 6.04 Å². The molecule has 2 aromatic carbocycles. The van der Waals surface area contributed by atoms with E-state index in [1.165, 1.54) is 6.92 Å². The molecule has 0 saturated heterocycles. The number of benzene rings is 2. The highest BCUT2D eigenvalue weighted by Gasteiger charge is 2.22. The molecule has 0 aliphatic rings. The second-order valence-corrected chi connectivity index (χ2v) is 8.13. The van der Waals surface area contributed by atoms with Crippen LogP contribution in [0.1, 0.15) is 61.6 Å². The highest BCUT2D eigenvalue weighted by molar-refractivity contribution is 5.94. The van der Waals surface area contributed by atoms with Crippen LogP contribution in [0.5, 0.6) is 0 Å². The van der Waals surface area contributed by atoms with Gasteiger partial charge in [-0.15, -0.1) is 0 Å². The van der Waals surface area contributed by atoms with E-state index < -0.39 is 0 Å². The molecule has 0 aliphatic carbocycles. The van der Waals surface area contributed by atoms with Crippen molar-refractivity contribution in [3.8, 4) is 0 Å². The average molecular weight is 367 g/mol. The van der Waals surface area contributed by atoms with Gasteiger partial charge in [0.2, 0.25) is 5.91 Å². The third kappa shape index (κ3) is 7.26. The van der Waals surface area contributed by atoms with Gasteiger partial charge >= 0.3 is 0 Å². The van der Waals surface area contributed by atoms with Gasteiger partial charge in [0.1, 0.15) is 0 Å². The van der Waals surface area contributed by atoms with Crippen molar-refractivity contribution in [1.82, 2.24) is 10.6 Å². The van der Waals surface area contributed by atoms with E-state index in [9.17, 15) is 9.59 Å². The Hall–Kier alpha value is -2.62. The van der Waals surface area contributed by atoms with Gasteiger partial charge in [-0.05, 0) is 41.5 Å². The van der Waals surface area contributed by atoms with Crippen molar-refractivity contribution in [2.24, 2.45) is 5.41 Å². The van der Waals surface area contributed by atoms with Gasteiger partial charge < -0.3 is 10.6 Å². The van der Waals surface area contributed by atoms with E-state index >= 15 is 0 Å². The molecule has 0 heterocycles. The fraction of sp³-hybridized carbons (Fsp3) is 0.391. The fourth-order valence-electron chi connectivity index (χ4n) is 3.00. The predicted molar refractivity (Wildman–Crippen MR) is 110 cm³/mol. The van der Waals surface area contributed by atoms with E-state index in [4.69, 9.17) is 0 Å². The van der Waals surface area contributed by atoms with Gasteiger partial charge in [-0.1, -0.05) is 63.2 Å². The molecule has 2 aromatic rings. The van der Waals surface area contributed by atoms with Crippen molar-refractivity contribution in [2.45, 2.75) is 46.6 Å². The zero-order valence-corrected chi connectivity index (χ0v) is 16.7. The van der Waals surface area contributed by atoms with E-state index in [0.717, 1.165) is 24.0 Å². The van der Waals surface area contributed by atoms with Gasteiger partial charge in [0.25, 0.3) is 5.91 Å². The van der Waals surface area contributed by atoms with Crippen molar-refractivity contribution < 1.29 is 9.59 Å². The summed E-state index contributed by atoms with van der Waals surface area (Å²) in [4.78, 5) is 23.7. The van der Waals surface area contributed by atoms with Crippen molar-refractivity contribution >= 4 is 11.8 Å². The number of hydrogen-bond acceptors (Lipinski definition) is 2. The molecule has 4 nitrogen and oxygen atoms in total. The molecule has 2 N–H and O–H groups in total. The number of hydrogen-bond donors (Lipinski definition) is 2. The molecule has 0 aliphatic heterocycles. The lowest BCUT2D eigenvalue weighted by atomic mass is 9.85. The van der Waals surface area contributed by atoms with Crippen LogP contribution in [0.25, 0.3) is 0 Å². The molecule has 0 bridgehead atoms. The highest BCUT2D eigenvalue weighted by atomic mass is 16.2. The summed E-state index contributed by atoms with van der Waals surface area (Å²) in [6.07, 6.45) is 1.61. The molecular weight excluding hydrogens is 336 g/mol. The minimum atomic E-state index is -0.0680. The molecule has 4 heteroatoms. The Labute approximate surface area is 162 Å². The molecule has 144 valence electrons. The van der Waals surface area contributed by atoms with Crippen molar-refractivity contribution in [1.29, 1.82) is 0 Å². The maximum atomic E-state index is 12.8. The summed E-state index contributed by atoms with van der Waals surface area (Å²) in [5.41, 5.74) is 2.96. The summed E-state index contributed by atoms with van der Waals surface area (Å²) < 4.78 is 0. The molecule has 2 rings (SSSR count). The Kier molecular flexibility index (Phi) is 7.17. The lowest BCUT2D eigenvalue weighted by molar-refractivity contribution is -0.118. The lowest BCUT2D eigenvalue weighted by Gasteiger charge is -2.27. The fourth-order valence-corrected chi connectivity index (χ4v) is 3.00. The van der Waals surface area contributed by atoms with Gasteiger partial charge in [0, 0.05) is 19.0 Å². The monoisotopic (exact) mass is 366 g/mol. The van der Waals surface area contributed by atoms with Crippen LogP contribution in [0.15, 0.2) is 54.6 Å². The number of amides is 2. The van der Waals surface area contributed by atoms with Crippen molar-refractivity contribution in [3.63, 3.8) is 0 Å². The maximum absolute atomic E-state index is 12.8. The third-order valence-electron chi connectivity index (χ3n) is 4.33. The van der Waals surface area contributed by atoms with Crippen LogP contribution in [-0.4, -0.2) is 18.4 Å². The van der Waals surface area contributed by atoms with E-state index in [-0.39, 0.29) is 23.3 Å². The van der Waals surface area contributed by atoms with Crippen molar-refractivity contribution in [3.05, 3.63) is 71.3 Å². The number of carbonyl (C=O) groups is 2. The molecule has 1 atom stereocenters. The minimum absolute atomic E-state index is 0.0295. The van der Waals surface area contributed by atoms with Crippen LogP contribution < -0.4 is 10.6 Å². The van der Waals surface area contributed by atoms with Gasteiger partial charge in [-0.2, -0.15) is 0 Å². The molecule has 0 aromatic heterocycles. The summed E-state index contributed by atoms with van der Waals surface area (Å²) in [6, 6.07) is 17.6. The van der Waals surface area contributed by atoms with Crippen LogP contribution in [0.3, 0.4) is 0 Å². The number of nitrogens with one attached hydrogen (secondary N) is 2. The second-order valence-electron chi connectivity index (χ2n) is 8.13. The van der Waals surface area contributed by atoms with Gasteiger partial charge in [-0.3, -0.25) is 9.59 Å². The molecule has 2 amide bonds. The summed E-state index contributed by atoms with van der Waals surface area (Å²) in [5.74, 6) is -0.0988. The van der Waals surface area contributed by atoms with Crippen LogP contribution in [0.2, 0.25) is 0 Å². The quantitative estimate of drug-likeness (QED) is 0.769. The topological polar surface area (TPSA) is 58.2 Å². The van der Waals surface area contributed by atoms with Gasteiger partial charge in [-0.25, -0.2) is 0 Å². The summed E-state index contributed by atoms with van der Waals surface area (Å²) in [5, 5.41) is 5.97. The molecule has 0 radical (unpaired) electrons. The smallest absolute Gasteiger partial charge is 0.251 e. The zero-order chi connectivity index (χ0) is 19.9. The molecule has 0 saturated carbocycles. The first-order chi connectivity index (χ1) is 12.7. The Balaban J connectivity index is 2.05. The summed E-state index contributed by atoms with van der Waals surface area (Å²) >= 11 is 0. The van der Waals surface area contributed by atoms with Crippen LogP contribution in [0, 0.1) is 5.41 Å². The number of carbonyl (C=O) groups excluding carboxylic acids is 2. The van der Waals surface area contributed by atoms with Gasteiger partial charge in [0.15, 0.2) is 0 Å². The summed E-state index contributed by atoms with van der Waals surface area (Å²) in [6.45, 7) is 8.65. The summed E-state index contributed by atoms with van der Waals surface area (Å²) in [7, 11) is 0. The zero-order valence-electron chi connectivity index (χ0n) is 16.7. The van der Waals surface area contributed by atoms with Crippen molar-refractivity contribution in [2.75, 3.05) is 6.54 Å². The van der Waals surface area contributed by atoms with Crippen LogP contribution >= 0.6 is 0 Å². The average Bonchev–Trinajstić information content (AvgIpc) is 2.61. The van der Waals surface area contributed by atoms with Crippen LogP contribution in [-0.2, 0) is 11.2 Å². The molecule has 0 fully saturated rings. The molecular formula is C23H30N2O2. The Morgan fingerprint density at radius 3 is 2.15 bits per heavy atom. The Morgan fingerprint density at radius 1 is 0.963 bits per heavy atom. The molecule has 0 unspecified atom stereocenters. The highest BCUT2D eigenvalue weighted by Crippen LogP contribution is 2.29. The van der Waals surface area contributed by atoms with E-state index in [2.05, 4.69) is 43.5 Å². The largest absolute Gasteiger partial charge is 0.356 e. The first kappa shape index (κ1) is 20.7. The molecule has 27 heavy (non-hydrogen) atoms. The number of rotatable bonds is 7. The SMILES string of the molecule is CC(=O)NCCc1ccc(C(=O)N[C@@H](CC(C)(C)C)c2ccccc2)cc1. The van der Waals surface area contributed by atoms with E-state index in [1.807, 2.05) is 42.5 Å². The minimum Gasteiger partial charge on any atom is -0.356 e. The molecule has 0 spiro atoms. The lowest BCUT2D eigenvalue weighted by Crippen LogP contribution is -2.31. The second kappa shape index (κ2) is 9.36. The normalized spacial score (nSPS) is 12.3. The Bertz CT molecular complexity index is 746. The van der Waals surface area contributed by atoms with E-state index in [0.29, 0.717) is 12.1 Å². The standard InChI is InChI=1S/C23H30N2O2/c1-17(26)24-15-14-18-10-12-20(13-11-18)22(27)25-21(16-23(2,3)4)19-8-6-5-7-9-19/h5-13,21H,14-16H2,1-4H3,(H,24,26)(H,25,27)/t21-/m0/s1. The van der Waals surface area contributed by atoms with E-state index in [1.54, 1.807) is 0 Å². The predicted octanol–water partition coefficient (Wildman–Crippen LogP) is 4.27.